The van der Waals surface area contributed by atoms with Crippen LogP contribution in [0.25, 0.3) is 0 Å². The van der Waals surface area contributed by atoms with Crippen molar-refractivity contribution in [2.75, 3.05) is 13.2 Å². The Balaban J connectivity index is 4.39. The largest absolute Gasteiger partial charge is 0.462 e. The van der Waals surface area contributed by atoms with E-state index in [2.05, 4.69) is 130 Å². The smallest absolute Gasteiger partial charge is 0.306 e. The molecule has 0 aromatic carbocycles. The van der Waals surface area contributed by atoms with Crippen molar-refractivity contribution in [3.05, 3.63) is 109 Å². The van der Waals surface area contributed by atoms with E-state index in [9.17, 15) is 14.4 Å². The van der Waals surface area contributed by atoms with Crippen molar-refractivity contribution in [2.24, 2.45) is 0 Å². The van der Waals surface area contributed by atoms with Gasteiger partial charge in [-0.25, -0.2) is 0 Å². The van der Waals surface area contributed by atoms with E-state index in [0.29, 0.717) is 19.3 Å². The van der Waals surface area contributed by atoms with E-state index in [0.717, 1.165) is 141 Å². The number of carbonyl (C=O) groups excluding carboxylic acids is 3. The standard InChI is InChI=1S/C67H112O6/c1-4-7-10-13-16-19-22-25-27-29-30-31-32-33-34-35-36-38-39-42-45-48-51-54-57-60-66(69)72-63-64(62-71-65(68)59-56-53-50-47-44-41-24-21-18-15-12-9-6-3)73-67(70)61-58-55-52-49-46-43-40-37-28-26-23-20-17-14-11-8-5-2/h7,10,12,15-16,19,21,24-28,30-31,33-34,36,38,64H,4-6,8-9,11,13-14,17-18,20,22-23,29,32,35,37,39-63H2,1-3H3/b10-7-,15-12-,19-16-,24-21-,27-25-,28-26-,31-30-,34-33-,38-36-. The first-order valence-corrected chi connectivity index (χ1v) is 30.4. The average molecular weight is 1010 g/mol. The Morgan fingerprint density at radius 2 is 0.562 bits per heavy atom. The second-order valence-electron chi connectivity index (χ2n) is 19.9. The molecule has 0 heterocycles. The van der Waals surface area contributed by atoms with E-state index < -0.39 is 6.10 Å². The van der Waals surface area contributed by atoms with E-state index in [1.165, 1.54) is 96.3 Å². The summed E-state index contributed by atoms with van der Waals surface area (Å²) in [6.45, 7) is 6.44. The van der Waals surface area contributed by atoms with E-state index in [-0.39, 0.29) is 31.1 Å². The third-order valence-corrected chi connectivity index (χ3v) is 12.7. The number of ether oxygens (including phenoxy) is 3. The molecule has 0 spiro atoms. The Morgan fingerprint density at radius 3 is 0.904 bits per heavy atom. The molecular weight excluding hydrogens is 901 g/mol. The van der Waals surface area contributed by atoms with Crippen LogP contribution in [-0.4, -0.2) is 37.2 Å². The Labute approximate surface area is 450 Å². The van der Waals surface area contributed by atoms with Gasteiger partial charge in [-0.05, 0) is 122 Å². The zero-order valence-electron chi connectivity index (χ0n) is 47.6. The fraction of sp³-hybridized carbons (Fsp3) is 0.687. The highest BCUT2D eigenvalue weighted by molar-refractivity contribution is 5.71. The predicted molar refractivity (Wildman–Crippen MR) is 316 cm³/mol. The molecule has 0 N–H and O–H groups in total. The summed E-state index contributed by atoms with van der Waals surface area (Å²) in [4.78, 5) is 38.2. The molecule has 0 amide bonds. The minimum absolute atomic E-state index is 0.0926. The van der Waals surface area contributed by atoms with Gasteiger partial charge in [-0.1, -0.05) is 246 Å². The monoisotopic (exact) mass is 1010 g/mol. The van der Waals surface area contributed by atoms with E-state index in [1.54, 1.807) is 0 Å². The molecule has 0 aliphatic rings. The quantitative estimate of drug-likeness (QED) is 0.0261. The van der Waals surface area contributed by atoms with Crippen LogP contribution in [0.3, 0.4) is 0 Å². The van der Waals surface area contributed by atoms with Crippen LogP contribution >= 0.6 is 0 Å². The van der Waals surface area contributed by atoms with Gasteiger partial charge < -0.3 is 14.2 Å². The van der Waals surface area contributed by atoms with Gasteiger partial charge in [0.25, 0.3) is 0 Å². The summed E-state index contributed by atoms with van der Waals surface area (Å²) in [6, 6.07) is 0. The lowest BCUT2D eigenvalue weighted by molar-refractivity contribution is -0.167. The molecule has 1 unspecified atom stereocenters. The summed E-state index contributed by atoms with van der Waals surface area (Å²) in [6.07, 6.45) is 82.2. The first kappa shape index (κ1) is 69.1. The topological polar surface area (TPSA) is 78.9 Å². The van der Waals surface area contributed by atoms with Gasteiger partial charge in [0, 0.05) is 19.3 Å². The fourth-order valence-electron chi connectivity index (χ4n) is 8.18. The molecule has 0 fully saturated rings. The predicted octanol–water partition coefficient (Wildman–Crippen LogP) is 20.7. The molecule has 73 heavy (non-hydrogen) atoms. The van der Waals surface area contributed by atoms with Crippen LogP contribution in [0.2, 0.25) is 0 Å². The number of carbonyl (C=O) groups is 3. The average Bonchev–Trinajstić information content (AvgIpc) is 3.39. The summed E-state index contributed by atoms with van der Waals surface area (Å²) < 4.78 is 16.9. The summed E-state index contributed by atoms with van der Waals surface area (Å²) in [5, 5.41) is 0. The molecule has 6 heteroatoms. The Bertz CT molecular complexity index is 1490. The van der Waals surface area contributed by atoms with Gasteiger partial charge >= 0.3 is 17.9 Å². The Kier molecular flexibility index (Phi) is 57.4. The van der Waals surface area contributed by atoms with Gasteiger partial charge in [0.1, 0.15) is 13.2 Å². The summed E-state index contributed by atoms with van der Waals surface area (Å²) in [5.41, 5.74) is 0. The normalized spacial score (nSPS) is 12.9. The molecule has 0 aliphatic heterocycles. The van der Waals surface area contributed by atoms with Crippen LogP contribution in [-0.2, 0) is 28.6 Å². The minimum Gasteiger partial charge on any atom is -0.462 e. The fourth-order valence-corrected chi connectivity index (χ4v) is 8.18. The SMILES string of the molecule is CC/C=C\C/C=C\C/C=C\C/C=C\C/C=C\C/C=C\CCCCCCCCC(=O)OCC(COC(=O)CCCCCCC/C=C\C/C=C\CCC)OC(=O)CCCCCCCCC/C=C\CCCCCCCC. The van der Waals surface area contributed by atoms with Crippen molar-refractivity contribution in [3.8, 4) is 0 Å². The van der Waals surface area contributed by atoms with Crippen molar-refractivity contribution >= 4 is 17.9 Å². The molecule has 6 nitrogen and oxygen atoms in total. The lowest BCUT2D eigenvalue weighted by Gasteiger charge is -2.18. The first-order valence-electron chi connectivity index (χ1n) is 30.4. The van der Waals surface area contributed by atoms with E-state index >= 15 is 0 Å². The lowest BCUT2D eigenvalue weighted by atomic mass is 10.1. The lowest BCUT2D eigenvalue weighted by Crippen LogP contribution is -2.30. The molecule has 0 aromatic heterocycles. The maximum atomic E-state index is 12.9. The number of rotatable bonds is 54. The van der Waals surface area contributed by atoms with Crippen LogP contribution in [0.5, 0.6) is 0 Å². The zero-order chi connectivity index (χ0) is 52.9. The number of esters is 3. The van der Waals surface area contributed by atoms with Gasteiger partial charge in [0.2, 0.25) is 0 Å². The molecule has 0 aromatic rings. The van der Waals surface area contributed by atoms with Crippen LogP contribution in [0.4, 0.5) is 0 Å². The molecule has 0 saturated heterocycles. The van der Waals surface area contributed by atoms with Gasteiger partial charge in [-0.3, -0.25) is 14.4 Å². The maximum Gasteiger partial charge on any atom is 0.306 e. The van der Waals surface area contributed by atoms with Crippen molar-refractivity contribution in [2.45, 2.75) is 284 Å². The van der Waals surface area contributed by atoms with E-state index in [4.69, 9.17) is 14.2 Å². The van der Waals surface area contributed by atoms with Crippen LogP contribution in [0, 0.1) is 0 Å². The third-order valence-electron chi connectivity index (χ3n) is 12.7. The number of allylic oxidation sites excluding steroid dienone is 18. The first-order chi connectivity index (χ1) is 36.0. The van der Waals surface area contributed by atoms with Crippen LogP contribution in [0.1, 0.15) is 278 Å². The van der Waals surface area contributed by atoms with Gasteiger partial charge in [-0.15, -0.1) is 0 Å². The molecule has 0 rings (SSSR count). The second-order valence-corrected chi connectivity index (χ2v) is 19.9. The Morgan fingerprint density at radius 1 is 0.288 bits per heavy atom. The summed E-state index contributed by atoms with van der Waals surface area (Å²) in [7, 11) is 0. The molecule has 0 radical (unpaired) electrons. The molecule has 1 atom stereocenters. The van der Waals surface area contributed by atoms with Crippen molar-refractivity contribution in [1.82, 2.24) is 0 Å². The number of unbranched alkanes of at least 4 members (excludes halogenated alkanes) is 25. The van der Waals surface area contributed by atoms with Crippen LogP contribution in [0.15, 0.2) is 109 Å². The molecule has 416 valence electrons. The van der Waals surface area contributed by atoms with Crippen molar-refractivity contribution in [1.29, 1.82) is 0 Å². The summed E-state index contributed by atoms with van der Waals surface area (Å²) in [5.74, 6) is -0.921. The zero-order valence-corrected chi connectivity index (χ0v) is 47.6. The highest BCUT2D eigenvalue weighted by Gasteiger charge is 2.19. The molecule has 0 bridgehead atoms. The third kappa shape index (κ3) is 58.8. The molecule has 0 saturated carbocycles. The highest BCUT2D eigenvalue weighted by atomic mass is 16.6. The van der Waals surface area contributed by atoms with Gasteiger partial charge in [-0.2, -0.15) is 0 Å². The van der Waals surface area contributed by atoms with Gasteiger partial charge in [0.15, 0.2) is 6.10 Å². The van der Waals surface area contributed by atoms with Crippen molar-refractivity contribution in [3.63, 3.8) is 0 Å². The molecule has 0 aliphatic carbocycles. The highest BCUT2D eigenvalue weighted by Crippen LogP contribution is 2.15. The Hall–Kier alpha value is -3.93. The second kappa shape index (κ2) is 60.6. The van der Waals surface area contributed by atoms with Gasteiger partial charge in [0.05, 0.1) is 0 Å². The van der Waals surface area contributed by atoms with Crippen LogP contribution < -0.4 is 0 Å². The number of hydrogen-bond donors (Lipinski definition) is 0. The maximum absolute atomic E-state index is 12.9. The number of hydrogen-bond acceptors (Lipinski definition) is 6. The van der Waals surface area contributed by atoms with E-state index in [1.807, 2.05) is 0 Å². The molecular formula is C67H112O6. The minimum atomic E-state index is -0.795. The van der Waals surface area contributed by atoms with Crippen molar-refractivity contribution < 1.29 is 28.6 Å². The summed E-state index contributed by atoms with van der Waals surface area (Å²) >= 11 is 0.